The minimum atomic E-state index is -5.19. The van der Waals surface area contributed by atoms with Gasteiger partial charge in [-0.15, -0.1) is 0 Å². The van der Waals surface area contributed by atoms with Gasteiger partial charge in [0.05, 0.1) is 13.1 Å². The van der Waals surface area contributed by atoms with Crippen LogP contribution in [0.1, 0.15) is 59.6 Å². The highest BCUT2D eigenvalue weighted by Crippen LogP contribution is 2.37. The second-order valence-corrected chi connectivity index (χ2v) is 11.4. The molecule has 0 aromatic heterocycles. The number of likely N-dealkylation sites (tertiary alicyclic amines) is 1. The second kappa shape index (κ2) is 13.2. The summed E-state index contributed by atoms with van der Waals surface area (Å²) in [6, 6.07) is 17.6. The number of carboxylic acids is 1. The van der Waals surface area contributed by atoms with Crippen LogP contribution in [0.2, 0.25) is 0 Å². The number of piperidine rings is 4. The van der Waals surface area contributed by atoms with Crippen LogP contribution in [0.25, 0.3) is 0 Å². The molecule has 2 bridgehead atoms. The van der Waals surface area contributed by atoms with Crippen LogP contribution in [-0.2, 0) is 14.3 Å². The number of aryl methyl sites for hydroxylation is 1. The van der Waals surface area contributed by atoms with E-state index in [1.807, 2.05) is 30.3 Å². The molecule has 4 fully saturated rings. The van der Waals surface area contributed by atoms with Gasteiger partial charge in [0, 0.05) is 24.3 Å². The Labute approximate surface area is 238 Å². The van der Waals surface area contributed by atoms with Gasteiger partial charge < -0.3 is 19.1 Å². The van der Waals surface area contributed by atoms with Crippen molar-refractivity contribution < 1.29 is 41.9 Å². The molecule has 0 amide bonds. The van der Waals surface area contributed by atoms with E-state index in [-0.39, 0.29) is 23.9 Å². The number of esters is 1. The summed E-state index contributed by atoms with van der Waals surface area (Å²) in [6.45, 7) is 7.22. The van der Waals surface area contributed by atoms with Gasteiger partial charge in [0.15, 0.2) is 6.10 Å². The summed E-state index contributed by atoms with van der Waals surface area (Å²) in [5.41, 5.74) is 3.00. The second-order valence-electron chi connectivity index (χ2n) is 11.4. The van der Waals surface area contributed by atoms with E-state index < -0.39 is 12.1 Å². The molecule has 0 spiro atoms. The SMILES string of the molecule is Cc1ccc(C(C(=O)O[C@H]2C[N+]3(CC(=O)c4ccccc4)CCC2CC3)N2CCCCC2)cc1.O=C([O-])C(F)(F)F. The van der Waals surface area contributed by atoms with Crippen LogP contribution >= 0.6 is 0 Å². The monoisotopic (exact) mass is 574 g/mol. The van der Waals surface area contributed by atoms with Gasteiger partial charge in [-0.2, -0.15) is 13.2 Å². The highest BCUT2D eigenvalue weighted by atomic mass is 19.4. The van der Waals surface area contributed by atoms with E-state index in [0.717, 1.165) is 74.0 Å². The van der Waals surface area contributed by atoms with E-state index in [1.54, 1.807) is 0 Å². The Morgan fingerprint density at radius 3 is 2.12 bits per heavy atom. The largest absolute Gasteiger partial charge is 0.542 e. The van der Waals surface area contributed by atoms with Crippen LogP contribution in [-0.4, -0.2) is 78.7 Å². The molecular weight excluding hydrogens is 537 g/mol. The van der Waals surface area contributed by atoms with Gasteiger partial charge in [0.25, 0.3) is 0 Å². The lowest BCUT2D eigenvalue weighted by Crippen LogP contribution is -2.66. The van der Waals surface area contributed by atoms with Gasteiger partial charge in [-0.3, -0.25) is 9.69 Å². The minimum absolute atomic E-state index is 0.101. The van der Waals surface area contributed by atoms with Crippen molar-refractivity contribution in [3.05, 3.63) is 71.3 Å². The van der Waals surface area contributed by atoms with E-state index >= 15 is 0 Å². The van der Waals surface area contributed by atoms with Gasteiger partial charge in [0.1, 0.15) is 25.1 Å². The Balaban J connectivity index is 0.000000493. The van der Waals surface area contributed by atoms with E-state index in [1.165, 1.54) is 12.0 Å². The summed E-state index contributed by atoms with van der Waals surface area (Å²) in [5, 5.41) is 8.78. The molecule has 4 aliphatic rings. The van der Waals surface area contributed by atoms with E-state index in [4.69, 9.17) is 14.6 Å². The molecule has 6 rings (SSSR count). The zero-order chi connectivity index (χ0) is 29.6. The van der Waals surface area contributed by atoms with Crippen molar-refractivity contribution in [2.45, 2.75) is 57.3 Å². The maximum absolute atomic E-state index is 13.7. The van der Waals surface area contributed by atoms with Gasteiger partial charge in [-0.1, -0.05) is 66.6 Å². The highest BCUT2D eigenvalue weighted by molar-refractivity contribution is 5.97. The van der Waals surface area contributed by atoms with Crippen molar-refractivity contribution in [2.75, 3.05) is 39.3 Å². The molecule has 1 unspecified atom stereocenters. The fourth-order valence-corrected chi connectivity index (χ4v) is 6.23. The van der Waals surface area contributed by atoms with Crippen LogP contribution in [0.5, 0.6) is 0 Å². The maximum Gasteiger partial charge on any atom is 0.430 e. The summed E-state index contributed by atoms with van der Waals surface area (Å²) >= 11 is 0. The third-order valence-corrected chi connectivity index (χ3v) is 8.49. The van der Waals surface area contributed by atoms with Crippen molar-refractivity contribution >= 4 is 17.7 Å². The third kappa shape index (κ3) is 7.95. The summed E-state index contributed by atoms with van der Waals surface area (Å²) in [4.78, 5) is 37.8. The maximum atomic E-state index is 13.7. The van der Waals surface area contributed by atoms with E-state index in [0.29, 0.717) is 12.5 Å². The molecule has 222 valence electrons. The molecular formula is C31H37F3N2O5. The number of fused-ring (bicyclic) bond motifs is 3. The third-order valence-electron chi connectivity index (χ3n) is 8.49. The molecule has 0 saturated carbocycles. The van der Waals surface area contributed by atoms with Crippen molar-refractivity contribution in [1.29, 1.82) is 0 Å². The van der Waals surface area contributed by atoms with Crippen molar-refractivity contribution in [2.24, 2.45) is 5.92 Å². The Hall–Kier alpha value is -3.24. The molecule has 41 heavy (non-hydrogen) atoms. The first-order valence-corrected chi connectivity index (χ1v) is 14.2. The van der Waals surface area contributed by atoms with E-state index in [9.17, 15) is 22.8 Å². The molecule has 0 aliphatic carbocycles. The summed E-state index contributed by atoms with van der Waals surface area (Å²) in [7, 11) is 0. The van der Waals surface area contributed by atoms with Crippen LogP contribution in [0.4, 0.5) is 13.2 Å². The topological polar surface area (TPSA) is 86.7 Å². The normalized spacial score (nSPS) is 25.0. The number of Topliss-reactive ketones (excluding diaryl/α,β-unsaturated/α-hetero) is 1. The molecule has 2 aromatic carbocycles. The molecule has 4 saturated heterocycles. The fourth-order valence-electron chi connectivity index (χ4n) is 6.23. The first kappa shape index (κ1) is 30.7. The zero-order valence-electron chi connectivity index (χ0n) is 23.3. The predicted octanol–water partition coefficient (Wildman–Crippen LogP) is 3.86. The quantitative estimate of drug-likeness (QED) is 0.284. The Morgan fingerprint density at radius 1 is 0.976 bits per heavy atom. The van der Waals surface area contributed by atoms with Crippen molar-refractivity contribution in [3.63, 3.8) is 0 Å². The number of carbonyl (C=O) groups is 3. The molecule has 2 aromatic rings. The average molecular weight is 575 g/mol. The number of halogens is 3. The fraction of sp³-hybridized carbons (Fsp3) is 0.516. The standard InChI is InChI=1S/C29H37N2O3.C2HF3O2/c1-22-10-12-25(13-11-22)28(30-16-6-3-7-17-30)29(33)34-27-21-31(18-14-24(27)15-19-31)20-26(32)23-8-4-2-5-9-23;3-2(4,5)1(6)7/h2,4-5,8-13,24,27-28H,3,6-7,14-21H2,1H3;(H,6,7)/q+1;/p-1/t24?,27-,28?,31?;/m0./s1. The van der Waals surface area contributed by atoms with Crippen LogP contribution in [0.3, 0.4) is 0 Å². The number of carboxylic acid groups (broad SMARTS) is 1. The Morgan fingerprint density at radius 2 is 1.56 bits per heavy atom. The number of hydrogen-bond acceptors (Lipinski definition) is 6. The lowest BCUT2D eigenvalue weighted by atomic mass is 9.82. The number of aliphatic carboxylic acids is 1. The Kier molecular flexibility index (Phi) is 9.86. The number of ether oxygens (including phenoxy) is 1. The Bertz CT molecular complexity index is 1190. The number of hydrogen-bond donors (Lipinski definition) is 0. The number of quaternary nitrogens is 1. The molecule has 7 nitrogen and oxygen atoms in total. The van der Waals surface area contributed by atoms with Gasteiger partial charge in [0.2, 0.25) is 5.78 Å². The summed E-state index contributed by atoms with van der Waals surface area (Å²) in [6.07, 6.45) is 0.243. The first-order chi connectivity index (χ1) is 19.5. The molecule has 0 radical (unpaired) electrons. The number of rotatable bonds is 7. The number of carbonyl (C=O) groups excluding carboxylic acids is 3. The van der Waals surface area contributed by atoms with Gasteiger partial charge >= 0.3 is 12.1 Å². The average Bonchev–Trinajstić information content (AvgIpc) is 2.95. The smallest absolute Gasteiger partial charge is 0.430 e. The van der Waals surface area contributed by atoms with Crippen LogP contribution in [0, 0.1) is 12.8 Å². The molecule has 2 atom stereocenters. The molecule has 4 aliphatic heterocycles. The lowest BCUT2D eigenvalue weighted by molar-refractivity contribution is -0.938. The van der Waals surface area contributed by atoms with Crippen molar-refractivity contribution in [3.8, 4) is 0 Å². The summed E-state index contributed by atoms with van der Waals surface area (Å²) < 4.78 is 38.6. The molecule has 10 heteroatoms. The van der Waals surface area contributed by atoms with E-state index in [2.05, 4.69) is 36.1 Å². The van der Waals surface area contributed by atoms with Crippen molar-refractivity contribution in [1.82, 2.24) is 4.90 Å². The van der Waals surface area contributed by atoms with Gasteiger partial charge in [-0.25, -0.2) is 4.79 Å². The molecule has 0 N–H and O–H groups in total. The zero-order valence-corrected chi connectivity index (χ0v) is 23.3. The van der Waals surface area contributed by atoms with Crippen LogP contribution in [0.15, 0.2) is 54.6 Å². The summed E-state index contributed by atoms with van der Waals surface area (Å²) in [5.74, 6) is -2.52. The van der Waals surface area contributed by atoms with Gasteiger partial charge in [-0.05, 0) is 38.4 Å². The number of nitrogens with zero attached hydrogens (tertiary/aromatic N) is 2. The number of ketones is 1. The first-order valence-electron chi connectivity index (χ1n) is 14.2. The molecule has 4 heterocycles. The lowest BCUT2D eigenvalue weighted by Gasteiger charge is -2.51. The minimum Gasteiger partial charge on any atom is -0.542 e. The predicted molar refractivity (Wildman–Crippen MR) is 144 cm³/mol. The highest BCUT2D eigenvalue weighted by Gasteiger charge is 2.49. The number of alkyl halides is 3. The number of benzene rings is 2. The van der Waals surface area contributed by atoms with Crippen LogP contribution < -0.4 is 5.11 Å².